The van der Waals surface area contributed by atoms with E-state index in [0.717, 1.165) is 28.8 Å². The second-order valence-corrected chi connectivity index (χ2v) is 6.27. The Kier molecular flexibility index (Phi) is 3.73. The topological polar surface area (TPSA) is 71.0 Å². The predicted octanol–water partition coefficient (Wildman–Crippen LogP) is 3.14. The lowest BCUT2D eigenvalue weighted by atomic mass is 9.71. The molecule has 0 aromatic heterocycles. The molecule has 0 heterocycles. The monoisotopic (exact) mass is 335 g/mol. The van der Waals surface area contributed by atoms with Gasteiger partial charge in [0, 0.05) is 18.2 Å². The number of aliphatic imine (C=N–C) groups is 2. The summed E-state index contributed by atoms with van der Waals surface area (Å²) in [6.07, 6.45) is 0.738. The number of phenolic OH excluding ortho intramolecular Hbond substituents is 1. The Balaban J connectivity index is 2.85. The number of halogens is 1. The van der Waals surface area contributed by atoms with Gasteiger partial charge in [0.15, 0.2) is 0 Å². The van der Waals surface area contributed by atoms with Crippen molar-refractivity contribution < 1.29 is 5.11 Å². The van der Waals surface area contributed by atoms with Crippen molar-refractivity contribution >= 4 is 34.2 Å². The molecule has 0 bridgehead atoms. The number of rotatable bonds is 2. The van der Waals surface area contributed by atoms with E-state index >= 15 is 0 Å². The molecule has 4 nitrogen and oxygen atoms in total. The molecular formula is C15H18BrN3O. The molecule has 0 spiro atoms. The first-order valence-electron chi connectivity index (χ1n) is 6.28. The Morgan fingerprint density at radius 3 is 2.65 bits per heavy atom. The van der Waals surface area contributed by atoms with Crippen LogP contribution in [0.2, 0.25) is 0 Å². The molecular weight excluding hydrogens is 318 g/mol. The van der Waals surface area contributed by atoms with E-state index in [0.29, 0.717) is 10.3 Å². The SMILES string of the molecule is C=NC1=C(C(N)=NC)C(C)(C)Cc2c1ccc(O)c2Br. The molecule has 0 aliphatic heterocycles. The second kappa shape index (κ2) is 5.05. The molecule has 2 rings (SSSR count). The van der Waals surface area contributed by atoms with E-state index in [1.54, 1.807) is 13.1 Å². The van der Waals surface area contributed by atoms with Gasteiger partial charge in [-0.2, -0.15) is 0 Å². The number of hydrogen-bond acceptors (Lipinski definition) is 3. The highest BCUT2D eigenvalue weighted by Crippen LogP contribution is 2.47. The highest BCUT2D eigenvalue weighted by atomic mass is 79.9. The molecule has 0 fully saturated rings. The highest BCUT2D eigenvalue weighted by Gasteiger charge is 2.36. The van der Waals surface area contributed by atoms with Crippen molar-refractivity contribution in [2.75, 3.05) is 7.05 Å². The molecule has 0 radical (unpaired) electrons. The fourth-order valence-corrected chi connectivity index (χ4v) is 3.22. The van der Waals surface area contributed by atoms with Crippen molar-refractivity contribution in [3.05, 3.63) is 33.3 Å². The molecule has 1 aromatic rings. The normalized spacial score (nSPS) is 17.9. The van der Waals surface area contributed by atoms with Crippen molar-refractivity contribution in [3.8, 4) is 5.75 Å². The Morgan fingerprint density at radius 2 is 2.10 bits per heavy atom. The Bertz CT molecular complexity index is 645. The number of amidine groups is 1. The summed E-state index contributed by atoms with van der Waals surface area (Å²) in [5, 5.41) is 9.87. The van der Waals surface area contributed by atoms with Gasteiger partial charge in [-0.1, -0.05) is 13.8 Å². The number of nitrogens with two attached hydrogens (primary N) is 1. The first kappa shape index (κ1) is 14.8. The standard InChI is InChI=1S/C15H18BrN3O/c1-15(2)7-9-8(5-6-10(20)12(9)16)13(18-3)11(15)14(17)19-4/h5-6,20H,3,7H2,1-2,4H3,(H2,17,19). The summed E-state index contributed by atoms with van der Waals surface area (Å²) >= 11 is 3.45. The maximum atomic E-state index is 9.87. The van der Waals surface area contributed by atoms with Crippen LogP contribution in [0.1, 0.15) is 25.0 Å². The minimum Gasteiger partial charge on any atom is -0.507 e. The summed E-state index contributed by atoms with van der Waals surface area (Å²) in [5.41, 5.74) is 9.42. The van der Waals surface area contributed by atoms with Crippen molar-refractivity contribution in [2.24, 2.45) is 21.1 Å². The lowest BCUT2D eigenvalue weighted by Crippen LogP contribution is -2.33. The summed E-state index contributed by atoms with van der Waals surface area (Å²) in [7, 11) is 1.67. The molecule has 1 aromatic carbocycles. The summed E-state index contributed by atoms with van der Waals surface area (Å²) < 4.78 is 0.704. The van der Waals surface area contributed by atoms with Crippen LogP contribution in [0.25, 0.3) is 5.70 Å². The van der Waals surface area contributed by atoms with Crippen molar-refractivity contribution in [1.82, 2.24) is 0 Å². The number of aromatic hydroxyl groups is 1. The van der Waals surface area contributed by atoms with Crippen molar-refractivity contribution in [1.29, 1.82) is 0 Å². The molecule has 1 aliphatic carbocycles. The van der Waals surface area contributed by atoms with Gasteiger partial charge in [-0.25, -0.2) is 0 Å². The van der Waals surface area contributed by atoms with E-state index in [9.17, 15) is 5.11 Å². The van der Waals surface area contributed by atoms with Gasteiger partial charge in [0.05, 0.1) is 10.2 Å². The van der Waals surface area contributed by atoms with Crippen LogP contribution in [-0.4, -0.2) is 24.7 Å². The fourth-order valence-electron chi connectivity index (χ4n) is 2.73. The van der Waals surface area contributed by atoms with Crippen LogP contribution < -0.4 is 5.73 Å². The zero-order chi connectivity index (χ0) is 15.1. The lowest BCUT2D eigenvalue weighted by molar-refractivity contribution is 0.444. The molecule has 20 heavy (non-hydrogen) atoms. The molecule has 0 saturated heterocycles. The van der Waals surface area contributed by atoms with Gasteiger partial charge < -0.3 is 10.8 Å². The maximum absolute atomic E-state index is 9.87. The van der Waals surface area contributed by atoms with Crippen LogP contribution in [0.4, 0.5) is 0 Å². The van der Waals surface area contributed by atoms with Crippen LogP contribution in [0.15, 0.2) is 32.2 Å². The quantitative estimate of drug-likeness (QED) is 0.643. The number of fused-ring (bicyclic) bond motifs is 1. The van der Waals surface area contributed by atoms with E-state index in [1.807, 2.05) is 6.07 Å². The molecule has 0 unspecified atom stereocenters. The van der Waals surface area contributed by atoms with Crippen LogP contribution in [0.3, 0.4) is 0 Å². The number of benzene rings is 1. The zero-order valence-corrected chi connectivity index (χ0v) is 13.5. The Morgan fingerprint density at radius 1 is 1.45 bits per heavy atom. The lowest BCUT2D eigenvalue weighted by Gasteiger charge is -2.35. The maximum Gasteiger partial charge on any atom is 0.130 e. The van der Waals surface area contributed by atoms with Crippen LogP contribution in [0, 0.1) is 5.41 Å². The van der Waals surface area contributed by atoms with E-state index in [1.165, 1.54) is 0 Å². The Hall–Kier alpha value is -1.62. The third-order valence-corrected chi connectivity index (χ3v) is 4.55. The van der Waals surface area contributed by atoms with Crippen molar-refractivity contribution in [3.63, 3.8) is 0 Å². The van der Waals surface area contributed by atoms with Gasteiger partial charge in [-0.05, 0) is 52.2 Å². The summed E-state index contributed by atoms with van der Waals surface area (Å²) in [6, 6.07) is 3.49. The van der Waals surface area contributed by atoms with Crippen LogP contribution in [-0.2, 0) is 6.42 Å². The predicted molar refractivity (Wildman–Crippen MR) is 87.3 cm³/mol. The van der Waals surface area contributed by atoms with E-state index in [4.69, 9.17) is 5.73 Å². The van der Waals surface area contributed by atoms with Crippen LogP contribution >= 0.6 is 15.9 Å². The molecule has 3 N–H and O–H groups in total. The first-order valence-corrected chi connectivity index (χ1v) is 7.07. The summed E-state index contributed by atoms with van der Waals surface area (Å²) in [5.74, 6) is 0.704. The van der Waals surface area contributed by atoms with Gasteiger partial charge in [-0.3, -0.25) is 9.98 Å². The zero-order valence-electron chi connectivity index (χ0n) is 11.9. The van der Waals surface area contributed by atoms with Crippen LogP contribution in [0.5, 0.6) is 5.75 Å². The largest absolute Gasteiger partial charge is 0.507 e. The summed E-state index contributed by atoms with van der Waals surface area (Å²) in [4.78, 5) is 8.28. The van der Waals surface area contributed by atoms with E-state index in [2.05, 4.69) is 46.5 Å². The minimum atomic E-state index is -0.233. The number of phenols is 1. The molecule has 0 atom stereocenters. The molecule has 1 aliphatic rings. The molecule has 5 heteroatoms. The smallest absolute Gasteiger partial charge is 0.130 e. The van der Waals surface area contributed by atoms with Gasteiger partial charge in [0.25, 0.3) is 0 Å². The average molecular weight is 336 g/mol. The third-order valence-electron chi connectivity index (χ3n) is 3.67. The van der Waals surface area contributed by atoms with E-state index < -0.39 is 0 Å². The molecule has 0 saturated carbocycles. The third kappa shape index (κ3) is 2.16. The first-order chi connectivity index (χ1) is 9.33. The highest BCUT2D eigenvalue weighted by molar-refractivity contribution is 9.10. The molecule has 106 valence electrons. The van der Waals surface area contributed by atoms with Gasteiger partial charge in [0.1, 0.15) is 11.6 Å². The van der Waals surface area contributed by atoms with Gasteiger partial charge in [0.2, 0.25) is 0 Å². The van der Waals surface area contributed by atoms with Gasteiger partial charge >= 0.3 is 0 Å². The average Bonchev–Trinajstić information content (AvgIpc) is 2.40. The summed E-state index contributed by atoms with van der Waals surface area (Å²) in [6.45, 7) is 7.85. The fraction of sp³-hybridized carbons (Fsp3) is 0.333. The number of hydrogen-bond donors (Lipinski definition) is 2. The van der Waals surface area contributed by atoms with Gasteiger partial charge in [-0.15, -0.1) is 0 Å². The van der Waals surface area contributed by atoms with E-state index in [-0.39, 0.29) is 11.2 Å². The van der Waals surface area contributed by atoms with Crippen molar-refractivity contribution in [2.45, 2.75) is 20.3 Å². The molecule has 0 amide bonds. The Labute approximate surface area is 127 Å². The second-order valence-electron chi connectivity index (χ2n) is 5.48. The number of nitrogens with zero attached hydrogens (tertiary/aromatic N) is 2. The minimum absolute atomic E-state index is 0.226.